The van der Waals surface area contributed by atoms with Crippen LogP contribution in [0.25, 0.3) is 10.9 Å². The van der Waals surface area contributed by atoms with Gasteiger partial charge in [0.15, 0.2) is 0 Å². The van der Waals surface area contributed by atoms with Crippen LogP contribution in [0.3, 0.4) is 0 Å². The number of carbonyl (C=O) groups is 1. The van der Waals surface area contributed by atoms with Gasteiger partial charge in [-0.25, -0.2) is 0 Å². The van der Waals surface area contributed by atoms with Gasteiger partial charge in [0.05, 0.1) is 10.7 Å². The molecule has 6 heteroatoms. The van der Waals surface area contributed by atoms with Crippen LogP contribution in [0.2, 0.25) is 15.1 Å². The van der Waals surface area contributed by atoms with Crippen molar-refractivity contribution in [3.05, 3.63) is 63.7 Å². The van der Waals surface area contributed by atoms with Crippen LogP contribution >= 0.6 is 34.8 Å². The summed E-state index contributed by atoms with van der Waals surface area (Å²) in [5.74, 6) is -0.184. The summed E-state index contributed by atoms with van der Waals surface area (Å²) in [6, 6.07) is 12.4. The standard InChI is InChI=1S/C16H11Cl3N2O/c17-11-2-4-15-10(7-11)5-6-21(15)9-16(22)20-14-8-12(18)1-3-13(14)19/h1-8H,9H2,(H,20,22). The van der Waals surface area contributed by atoms with E-state index < -0.39 is 0 Å². The predicted octanol–water partition coefficient (Wildman–Crippen LogP) is 5.24. The molecule has 0 bridgehead atoms. The van der Waals surface area contributed by atoms with E-state index in [-0.39, 0.29) is 12.5 Å². The average Bonchev–Trinajstić information content (AvgIpc) is 2.85. The van der Waals surface area contributed by atoms with Crippen molar-refractivity contribution in [2.75, 3.05) is 5.32 Å². The molecule has 22 heavy (non-hydrogen) atoms. The number of carbonyl (C=O) groups excluding carboxylic acids is 1. The van der Waals surface area contributed by atoms with Crippen LogP contribution in [-0.2, 0) is 11.3 Å². The summed E-state index contributed by atoms with van der Waals surface area (Å²) in [5.41, 5.74) is 1.44. The fraction of sp³-hybridized carbons (Fsp3) is 0.0625. The molecule has 1 heterocycles. The number of benzene rings is 2. The Hall–Kier alpha value is -1.68. The molecule has 1 aromatic heterocycles. The topological polar surface area (TPSA) is 34.0 Å². The molecular weight excluding hydrogens is 343 g/mol. The third-order valence-electron chi connectivity index (χ3n) is 3.25. The third-order valence-corrected chi connectivity index (χ3v) is 4.05. The Morgan fingerprint density at radius 3 is 2.55 bits per heavy atom. The lowest BCUT2D eigenvalue weighted by atomic mass is 10.2. The van der Waals surface area contributed by atoms with Crippen molar-refractivity contribution in [3.8, 4) is 0 Å². The van der Waals surface area contributed by atoms with Crippen molar-refractivity contribution in [1.29, 1.82) is 0 Å². The minimum Gasteiger partial charge on any atom is -0.338 e. The quantitative estimate of drug-likeness (QED) is 0.686. The van der Waals surface area contributed by atoms with Gasteiger partial charge >= 0.3 is 0 Å². The highest BCUT2D eigenvalue weighted by molar-refractivity contribution is 6.35. The number of hydrogen-bond donors (Lipinski definition) is 1. The molecule has 3 nitrogen and oxygen atoms in total. The average molecular weight is 354 g/mol. The number of nitrogens with zero attached hydrogens (tertiary/aromatic N) is 1. The molecule has 0 saturated heterocycles. The predicted molar refractivity (Wildman–Crippen MR) is 92.0 cm³/mol. The third kappa shape index (κ3) is 3.22. The van der Waals surface area contributed by atoms with E-state index in [0.717, 1.165) is 10.9 Å². The first kappa shape index (κ1) is 15.2. The maximum atomic E-state index is 12.2. The van der Waals surface area contributed by atoms with Gasteiger partial charge in [-0.2, -0.15) is 0 Å². The highest BCUT2D eigenvalue weighted by atomic mass is 35.5. The Bertz CT molecular complexity index is 858. The van der Waals surface area contributed by atoms with Gasteiger partial charge in [-0.05, 0) is 42.5 Å². The summed E-state index contributed by atoms with van der Waals surface area (Å²) < 4.78 is 1.85. The second-order valence-corrected chi connectivity index (χ2v) is 6.10. The first-order valence-electron chi connectivity index (χ1n) is 6.52. The largest absolute Gasteiger partial charge is 0.338 e. The summed E-state index contributed by atoms with van der Waals surface area (Å²) in [6.45, 7) is 0.175. The van der Waals surface area contributed by atoms with Crippen LogP contribution in [0.1, 0.15) is 0 Å². The van der Waals surface area contributed by atoms with Crippen LogP contribution < -0.4 is 5.32 Å². The van der Waals surface area contributed by atoms with E-state index in [9.17, 15) is 4.79 Å². The zero-order valence-corrected chi connectivity index (χ0v) is 13.6. The van der Waals surface area contributed by atoms with Crippen molar-refractivity contribution in [3.63, 3.8) is 0 Å². The number of hydrogen-bond acceptors (Lipinski definition) is 1. The number of amides is 1. The number of fused-ring (bicyclic) bond motifs is 1. The van der Waals surface area contributed by atoms with Crippen molar-refractivity contribution < 1.29 is 4.79 Å². The van der Waals surface area contributed by atoms with E-state index in [1.165, 1.54) is 0 Å². The van der Waals surface area contributed by atoms with Gasteiger partial charge in [-0.15, -0.1) is 0 Å². The second kappa shape index (κ2) is 6.21. The Balaban J connectivity index is 1.80. The molecule has 0 fully saturated rings. The maximum absolute atomic E-state index is 12.2. The van der Waals surface area contributed by atoms with Crippen LogP contribution in [0.15, 0.2) is 48.7 Å². The minimum atomic E-state index is -0.184. The summed E-state index contributed by atoms with van der Waals surface area (Å²) in [6.07, 6.45) is 1.85. The van der Waals surface area contributed by atoms with Crippen molar-refractivity contribution in [1.82, 2.24) is 4.57 Å². The lowest BCUT2D eigenvalue weighted by molar-refractivity contribution is -0.116. The van der Waals surface area contributed by atoms with E-state index >= 15 is 0 Å². The molecule has 2 aromatic carbocycles. The maximum Gasteiger partial charge on any atom is 0.244 e. The number of nitrogens with one attached hydrogen (secondary N) is 1. The van der Waals surface area contributed by atoms with E-state index in [2.05, 4.69) is 5.32 Å². The van der Waals surface area contributed by atoms with Crippen LogP contribution in [0.5, 0.6) is 0 Å². The van der Waals surface area contributed by atoms with Crippen molar-refractivity contribution >= 4 is 57.3 Å². The molecule has 0 radical (unpaired) electrons. The molecule has 112 valence electrons. The zero-order valence-electron chi connectivity index (χ0n) is 11.3. The van der Waals surface area contributed by atoms with Gasteiger partial charge in [0.2, 0.25) is 5.91 Å². The molecule has 0 atom stereocenters. The van der Waals surface area contributed by atoms with Crippen molar-refractivity contribution in [2.24, 2.45) is 0 Å². The van der Waals surface area contributed by atoms with Gasteiger partial charge in [0, 0.05) is 27.1 Å². The fourth-order valence-electron chi connectivity index (χ4n) is 2.25. The first-order valence-corrected chi connectivity index (χ1v) is 7.65. The Morgan fingerprint density at radius 1 is 1.00 bits per heavy atom. The molecule has 1 amide bonds. The van der Waals surface area contributed by atoms with E-state index in [1.807, 2.05) is 29.0 Å². The summed E-state index contributed by atoms with van der Waals surface area (Å²) >= 11 is 17.9. The number of rotatable bonds is 3. The molecule has 0 aliphatic heterocycles. The number of anilines is 1. The smallest absolute Gasteiger partial charge is 0.244 e. The molecule has 0 saturated carbocycles. The van der Waals surface area contributed by atoms with Crippen LogP contribution in [0, 0.1) is 0 Å². The summed E-state index contributed by atoms with van der Waals surface area (Å²) in [5, 5.41) is 5.38. The highest BCUT2D eigenvalue weighted by Crippen LogP contribution is 2.26. The highest BCUT2D eigenvalue weighted by Gasteiger charge is 2.09. The van der Waals surface area contributed by atoms with Gasteiger partial charge in [0.25, 0.3) is 0 Å². The lowest BCUT2D eigenvalue weighted by Gasteiger charge is -2.09. The Kier molecular flexibility index (Phi) is 4.30. The molecule has 1 N–H and O–H groups in total. The van der Waals surface area contributed by atoms with Crippen LogP contribution in [0.4, 0.5) is 5.69 Å². The van der Waals surface area contributed by atoms with E-state index in [0.29, 0.717) is 20.8 Å². The lowest BCUT2D eigenvalue weighted by Crippen LogP contribution is -2.18. The van der Waals surface area contributed by atoms with E-state index in [4.69, 9.17) is 34.8 Å². The molecule has 0 aliphatic carbocycles. The Labute approximate surface area is 142 Å². The van der Waals surface area contributed by atoms with Gasteiger partial charge in [0.1, 0.15) is 6.54 Å². The first-order chi connectivity index (χ1) is 10.5. The van der Waals surface area contributed by atoms with Gasteiger partial charge in [-0.3, -0.25) is 4.79 Å². The molecule has 3 aromatic rings. The minimum absolute atomic E-state index is 0.175. The Morgan fingerprint density at radius 2 is 1.73 bits per heavy atom. The molecule has 0 aliphatic rings. The van der Waals surface area contributed by atoms with Gasteiger partial charge in [-0.1, -0.05) is 34.8 Å². The zero-order chi connectivity index (χ0) is 15.7. The molecule has 3 rings (SSSR count). The normalized spacial score (nSPS) is 10.9. The van der Waals surface area contributed by atoms with Crippen molar-refractivity contribution in [2.45, 2.75) is 6.54 Å². The molecule has 0 spiro atoms. The fourth-order valence-corrected chi connectivity index (χ4v) is 2.76. The van der Waals surface area contributed by atoms with Crippen LogP contribution in [-0.4, -0.2) is 10.5 Å². The number of aromatic nitrogens is 1. The molecule has 0 unspecified atom stereocenters. The number of halogens is 3. The second-order valence-electron chi connectivity index (χ2n) is 4.82. The van der Waals surface area contributed by atoms with E-state index in [1.54, 1.807) is 24.3 Å². The molecular formula is C16H11Cl3N2O. The summed E-state index contributed by atoms with van der Waals surface area (Å²) in [4.78, 5) is 12.2. The monoisotopic (exact) mass is 352 g/mol. The summed E-state index contributed by atoms with van der Waals surface area (Å²) in [7, 11) is 0. The SMILES string of the molecule is O=C(Cn1ccc2cc(Cl)ccc21)Nc1cc(Cl)ccc1Cl. The van der Waals surface area contributed by atoms with Gasteiger partial charge < -0.3 is 9.88 Å².